The fraction of sp³-hybridized carbons (Fsp3) is 0.143. The van der Waals surface area contributed by atoms with E-state index in [1.54, 1.807) is 30.3 Å². The molecule has 0 heterocycles. The summed E-state index contributed by atoms with van der Waals surface area (Å²) in [6, 6.07) is 8.20. The Morgan fingerprint density at radius 2 is 1.88 bits per heavy atom. The maximum atomic E-state index is 11.7. The number of nitrogens with two attached hydrogens (primary N) is 1. The van der Waals surface area contributed by atoms with E-state index in [0.717, 1.165) is 0 Å². The predicted octanol–water partition coefficient (Wildman–Crippen LogP) is 1.09. The van der Waals surface area contributed by atoms with Crippen LogP contribution in [0.3, 0.4) is 0 Å². The first kappa shape index (κ1) is 13.3. The van der Waals surface area contributed by atoms with Gasteiger partial charge < -0.3 is 0 Å². The molecule has 16 heavy (non-hydrogen) atoms. The first-order chi connectivity index (χ1) is 7.35. The minimum atomic E-state index is -4.88. The fourth-order valence-electron chi connectivity index (χ4n) is 1.03. The van der Waals surface area contributed by atoms with Crippen molar-refractivity contribution in [2.75, 3.05) is 0 Å². The Morgan fingerprint density at radius 1 is 1.31 bits per heavy atom. The van der Waals surface area contributed by atoms with Crippen LogP contribution in [-0.2, 0) is 29.7 Å². The molecule has 0 aliphatic rings. The van der Waals surface area contributed by atoms with E-state index in [4.69, 9.17) is 10.4 Å². The molecule has 0 aliphatic carbocycles. The summed E-state index contributed by atoms with van der Waals surface area (Å²) in [5.41, 5.74) is 0.500. The molecule has 0 bridgehead atoms. The lowest BCUT2D eigenvalue weighted by atomic mass is 10.2. The molecule has 90 valence electrons. The summed E-state index contributed by atoms with van der Waals surface area (Å²) >= 11 is 0. The SMILES string of the molecule is NOP(=O)(Cc1ccccc1)OS(=O)(=O)O. The highest BCUT2D eigenvalue weighted by atomic mass is 32.3. The van der Waals surface area contributed by atoms with Gasteiger partial charge in [-0.25, -0.2) is 10.5 Å². The third-order valence-corrected chi connectivity index (χ3v) is 4.32. The van der Waals surface area contributed by atoms with Crippen LogP contribution >= 0.6 is 7.60 Å². The van der Waals surface area contributed by atoms with Crippen LogP contribution in [0.4, 0.5) is 0 Å². The molecule has 0 aromatic heterocycles. The van der Waals surface area contributed by atoms with E-state index < -0.39 is 18.0 Å². The quantitative estimate of drug-likeness (QED) is 0.466. The second kappa shape index (κ2) is 5.05. The Morgan fingerprint density at radius 3 is 2.31 bits per heavy atom. The highest BCUT2D eigenvalue weighted by molar-refractivity contribution is 7.86. The van der Waals surface area contributed by atoms with E-state index in [2.05, 4.69) is 8.59 Å². The zero-order valence-corrected chi connectivity index (χ0v) is 9.73. The van der Waals surface area contributed by atoms with Crippen molar-refractivity contribution in [1.29, 1.82) is 0 Å². The molecule has 1 aromatic rings. The van der Waals surface area contributed by atoms with Crippen molar-refractivity contribution >= 4 is 18.0 Å². The van der Waals surface area contributed by atoms with Gasteiger partial charge in [-0.3, -0.25) is 9.12 Å². The van der Waals surface area contributed by atoms with Crippen molar-refractivity contribution in [3.63, 3.8) is 0 Å². The van der Waals surface area contributed by atoms with Gasteiger partial charge in [-0.15, -0.1) is 0 Å². The molecule has 0 saturated heterocycles. The molecular formula is C7H10NO6PS. The topological polar surface area (TPSA) is 116 Å². The maximum Gasteiger partial charge on any atom is 0.404 e. The predicted molar refractivity (Wildman–Crippen MR) is 55.7 cm³/mol. The standard InChI is InChI=1S/C7H10NO6PS/c8-13-15(9,14-16(10,11)12)6-7-4-2-1-3-5-7/h1-5H,6,8H2,(H,10,11,12). The summed E-state index contributed by atoms with van der Waals surface area (Å²) in [5.74, 6) is 4.70. The molecule has 0 radical (unpaired) electrons. The average molecular weight is 267 g/mol. The summed E-state index contributed by atoms with van der Waals surface area (Å²) in [7, 11) is -8.99. The molecule has 0 aliphatic heterocycles. The smallest absolute Gasteiger partial charge is 0.263 e. The lowest BCUT2D eigenvalue weighted by Gasteiger charge is -2.12. The van der Waals surface area contributed by atoms with Crippen molar-refractivity contribution in [3.8, 4) is 0 Å². The van der Waals surface area contributed by atoms with Crippen LogP contribution in [0, 0.1) is 0 Å². The Balaban J connectivity index is 2.87. The Hall–Kier alpha value is -0.760. The van der Waals surface area contributed by atoms with E-state index in [9.17, 15) is 13.0 Å². The first-order valence-corrected chi connectivity index (χ1v) is 7.14. The van der Waals surface area contributed by atoms with E-state index in [1.165, 1.54) is 0 Å². The lowest BCUT2D eigenvalue weighted by Crippen LogP contribution is -2.08. The van der Waals surface area contributed by atoms with Crippen LogP contribution in [0.2, 0.25) is 0 Å². The van der Waals surface area contributed by atoms with Crippen molar-refractivity contribution in [1.82, 2.24) is 0 Å². The van der Waals surface area contributed by atoms with Gasteiger partial charge in [0.25, 0.3) is 0 Å². The Labute approximate surface area is 92.6 Å². The summed E-state index contributed by atoms with van der Waals surface area (Å²) < 4.78 is 48.8. The van der Waals surface area contributed by atoms with Crippen LogP contribution in [0.15, 0.2) is 30.3 Å². The molecule has 0 fully saturated rings. The van der Waals surface area contributed by atoms with Crippen molar-refractivity contribution in [2.45, 2.75) is 6.16 Å². The van der Waals surface area contributed by atoms with Crippen molar-refractivity contribution < 1.29 is 26.1 Å². The van der Waals surface area contributed by atoms with Gasteiger partial charge in [0.2, 0.25) is 0 Å². The Kier molecular flexibility index (Phi) is 4.20. The van der Waals surface area contributed by atoms with Gasteiger partial charge in [0.1, 0.15) is 0 Å². The molecule has 7 nitrogen and oxygen atoms in total. The van der Waals surface area contributed by atoms with Crippen LogP contribution in [0.5, 0.6) is 0 Å². The summed E-state index contributed by atoms with van der Waals surface area (Å²) in [6.45, 7) is 0. The van der Waals surface area contributed by atoms with Gasteiger partial charge >= 0.3 is 18.0 Å². The van der Waals surface area contributed by atoms with Crippen LogP contribution in [0.25, 0.3) is 0 Å². The molecular weight excluding hydrogens is 257 g/mol. The second-order valence-electron chi connectivity index (χ2n) is 2.86. The molecule has 1 atom stereocenters. The van der Waals surface area contributed by atoms with Gasteiger partial charge in [0, 0.05) is 0 Å². The lowest BCUT2D eigenvalue weighted by molar-refractivity contribution is 0.262. The number of hydrogen-bond donors (Lipinski definition) is 2. The highest BCUT2D eigenvalue weighted by Gasteiger charge is 2.30. The van der Waals surface area contributed by atoms with E-state index in [0.29, 0.717) is 5.56 Å². The van der Waals surface area contributed by atoms with Crippen molar-refractivity contribution in [2.24, 2.45) is 5.90 Å². The molecule has 0 saturated carbocycles. The zero-order valence-electron chi connectivity index (χ0n) is 8.02. The molecule has 0 spiro atoms. The fourth-order valence-corrected chi connectivity index (χ4v) is 3.26. The number of benzene rings is 1. The van der Waals surface area contributed by atoms with Gasteiger partial charge in [0.05, 0.1) is 6.16 Å². The van der Waals surface area contributed by atoms with E-state index >= 15 is 0 Å². The normalized spacial score (nSPS) is 15.6. The Bertz CT molecular complexity index is 487. The molecule has 3 N–H and O–H groups in total. The third kappa shape index (κ3) is 4.40. The molecule has 1 rings (SSSR count). The highest BCUT2D eigenvalue weighted by Crippen LogP contribution is 2.50. The summed E-state index contributed by atoms with van der Waals surface area (Å²) in [4.78, 5) is 0. The average Bonchev–Trinajstić information content (AvgIpc) is 2.16. The number of rotatable bonds is 5. The van der Waals surface area contributed by atoms with Crippen molar-refractivity contribution in [3.05, 3.63) is 35.9 Å². The molecule has 1 unspecified atom stereocenters. The zero-order chi connectivity index (χ0) is 12.2. The second-order valence-corrected chi connectivity index (χ2v) is 6.06. The third-order valence-electron chi connectivity index (χ3n) is 1.59. The molecule has 0 amide bonds. The van der Waals surface area contributed by atoms with Gasteiger partial charge in [-0.1, -0.05) is 30.3 Å². The number of hydrogen-bond acceptors (Lipinski definition) is 6. The van der Waals surface area contributed by atoms with Gasteiger partial charge in [-0.05, 0) is 5.56 Å². The summed E-state index contributed by atoms with van der Waals surface area (Å²) in [6.07, 6.45) is -0.357. The van der Waals surface area contributed by atoms with Gasteiger partial charge in [-0.2, -0.15) is 12.4 Å². The minimum Gasteiger partial charge on any atom is -0.263 e. The first-order valence-electron chi connectivity index (χ1n) is 4.05. The monoisotopic (exact) mass is 267 g/mol. The van der Waals surface area contributed by atoms with Crippen LogP contribution < -0.4 is 5.90 Å². The van der Waals surface area contributed by atoms with Crippen LogP contribution in [0.1, 0.15) is 5.56 Å². The maximum absolute atomic E-state index is 11.7. The van der Waals surface area contributed by atoms with E-state index in [-0.39, 0.29) is 6.16 Å². The van der Waals surface area contributed by atoms with Crippen LogP contribution in [-0.4, -0.2) is 13.0 Å². The minimum absolute atomic E-state index is 0.357. The van der Waals surface area contributed by atoms with Gasteiger partial charge in [0.15, 0.2) is 0 Å². The molecule has 9 heteroatoms. The largest absolute Gasteiger partial charge is 0.404 e. The molecule has 1 aromatic carbocycles. The summed E-state index contributed by atoms with van der Waals surface area (Å²) in [5, 5.41) is 0. The van der Waals surface area contributed by atoms with E-state index in [1.807, 2.05) is 0 Å².